The third-order valence-corrected chi connectivity index (χ3v) is 5.83. The lowest BCUT2D eigenvalue weighted by atomic mass is 9.98. The molecule has 0 spiro atoms. The van der Waals surface area contributed by atoms with Crippen LogP contribution in [-0.2, 0) is 6.18 Å². The second-order valence-corrected chi connectivity index (χ2v) is 8.12. The average Bonchev–Trinajstić information content (AvgIpc) is 3.27. The Bertz CT molecular complexity index is 1430. The third kappa shape index (κ3) is 4.40. The van der Waals surface area contributed by atoms with Gasteiger partial charge in [0.1, 0.15) is 11.5 Å². The molecule has 0 atom stereocenters. The zero-order chi connectivity index (χ0) is 23.0. The molecule has 0 aliphatic carbocycles. The second kappa shape index (κ2) is 8.25. The molecule has 0 fully saturated rings. The molecule has 1 N–H and O–H groups in total. The van der Waals surface area contributed by atoms with Crippen LogP contribution in [0, 0.1) is 5.82 Å². The van der Waals surface area contributed by atoms with E-state index in [1.807, 2.05) is 18.2 Å². The Balaban J connectivity index is 1.57. The summed E-state index contributed by atoms with van der Waals surface area (Å²) in [5, 5.41) is 11.7. The summed E-state index contributed by atoms with van der Waals surface area (Å²) >= 11 is 1.51. The van der Waals surface area contributed by atoms with Crippen molar-refractivity contribution in [1.29, 1.82) is 0 Å². The summed E-state index contributed by atoms with van der Waals surface area (Å²) < 4.78 is 53.5. The molecule has 0 aliphatic rings. The van der Waals surface area contributed by atoms with Gasteiger partial charge in [0, 0.05) is 16.8 Å². The molecule has 164 valence electrons. The molecule has 3 aromatic carbocycles. The molecule has 0 radical (unpaired) electrons. The highest BCUT2D eigenvalue weighted by Crippen LogP contribution is 2.35. The number of nitrogens with zero attached hydrogens (tertiary/aromatic N) is 3. The van der Waals surface area contributed by atoms with Crippen LogP contribution in [0.4, 0.5) is 29.1 Å². The van der Waals surface area contributed by atoms with Crippen LogP contribution in [-0.4, -0.2) is 15.2 Å². The van der Waals surface area contributed by atoms with Crippen molar-refractivity contribution >= 4 is 33.1 Å². The van der Waals surface area contributed by atoms with Gasteiger partial charge in [-0.25, -0.2) is 9.37 Å². The van der Waals surface area contributed by atoms with Gasteiger partial charge >= 0.3 is 6.18 Å². The topological polar surface area (TPSA) is 50.7 Å². The van der Waals surface area contributed by atoms with E-state index in [9.17, 15) is 17.6 Å². The third-order valence-electron chi connectivity index (χ3n) is 5.04. The molecule has 0 saturated heterocycles. The maximum atomic E-state index is 13.4. The van der Waals surface area contributed by atoms with Gasteiger partial charge in [-0.05, 0) is 66.2 Å². The number of fused-ring (bicyclic) bond motifs is 1. The van der Waals surface area contributed by atoms with Gasteiger partial charge in [-0.1, -0.05) is 12.1 Å². The van der Waals surface area contributed by atoms with Crippen LogP contribution < -0.4 is 5.32 Å². The van der Waals surface area contributed by atoms with Gasteiger partial charge in [-0.15, -0.1) is 21.5 Å². The van der Waals surface area contributed by atoms with Crippen molar-refractivity contribution in [1.82, 2.24) is 15.2 Å². The minimum atomic E-state index is -4.43. The molecular formula is C24H14F4N4S. The van der Waals surface area contributed by atoms with Crippen molar-refractivity contribution in [3.05, 3.63) is 89.7 Å². The highest BCUT2D eigenvalue weighted by Gasteiger charge is 2.30. The number of rotatable bonds is 4. The highest BCUT2D eigenvalue weighted by molar-refractivity contribution is 7.16. The van der Waals surface area contributed by atoms with Crippen molar-refractivity contribution in [3.8, 4) is 22.4 Å². The monoisotopic (exact) mass is 466 g/mol. The molecule has 0 amide bonds. The Hall–Kier alpha value is -3.85. The Labute approximate surface area is 189 Å². The Morgan fingerprint density at radius 2 is 1.52 bits per heavy atom. The minimum absolute atomic E-state index is 0.403. The molecular weight excluding hydrogens is 452 g/mol. The van der Waals surface area contributed by atoms with E-state index in [2.05, 4.69) is 20.5 Å². The van der Waals surface area contributed by atoms with E-state index < -0.39 is 17.6 Å². The first kappa shape index (κ1) is 21.0. The molecule has 0 saturated carbocycles. The van der Waals surface area contributed by atoms with Crippen LogP contribution in [0.5, 0.6) is 0 Å². The van der Waals surface area contributed by atoms with E-state index in [1.54, 1.807) is 23.7 Å². The smallest absolute Gasteiger partial charge is 0.339 e. The van der Waals surface area contributed by atoms with Crippen LogP contribution in [0.2, 0.25) is 0 Å². The second-order valence-electron chi connectivity index (χ2n) is 7.23. The average molecular weight is 466 g/mol. The van der Waals surface area contributed by atoms with Crippen molar-refractivity contribution in [2.24, 2.45) is 0 Å². The number of thiazole rings is 1. The summed E-state index contributed by atoms with van der Waals surface area (Å²) in [6, 6.07) is 17.9. The zero-order valence-electron chi connectivity index (χ0n) is 16.8. The molecule has 2 aromatic heterocycles. The first-order valence-corrected chi connectivity index (χ1v) is 10.7. The number of halogens is 4. The van der Waals surface area contributed by atoms with Gasteiger partial charge < -0.3 is 5.32 Å². The van der Waals surface area contributed by atoms with E-state index >= 15 is 0 Å². The lowest BCUT2D eigenvalue weighted by molar-refractivity contribution is -0.137. The van der Waals surface area contributed by atoms with Crippen LogP contribution >= 0.6 is 11.3 Å². The Morgan fingerprint density at radius 3 is 2.24 bits per heavy atom. The molecule has 5 aromatic rings. The van der Waals surface area contributed by atoms with E-state index in [0.29, 0.717) is 28.2 Å². The van der Waals surface area contributed by atoms with Gasteiger partial charge in [-0.2, -0.15) is 13.2 Å². The van der Waals surface area contributed by atoms with Crippen LogP contribution in [0.15, 0.2) is 78.3 Å². The summed E-state index contributed by atoms with van der Waals surface area (Å²) in [7, 11) is 0. The predicted molar refractivity (Wildman–Crippen MR) is 121 cm³/mol. The molecule has 9 heteroatoms. The normalized spacial score (nSPS) is 11.6. The number of alkyl halides is 3. The fourth-order valence-corrected chi connectivity index (χ4v) is 4.13. The number of benzene rings is 3. The summed E-state index contributed by atoms with van der Waals surface area (Å²) in [6.45, 7) is 0. The van der Waals surface area contributed by atoms with Crippen molar-refractivity contribution < 1.29 is 17.6 Å². The lowest BCUT2D eigenvalue weighted by Gasteiger charge is -2.13. The van der Waals surface area contributed by atoms with Crippen LogP contribution in [0.1, 0.15) is 5.56 Å². The molecule has 4 nitrogen and oxygen atoms in total. The van der Waals surface area contributed by atoms with Gasteiger partial charge in [0.2, 0.25) is 0 Å². The minimum Gasteiger partial charge on any atom is -0.339 e. The quantitative estimate of drug-likeness (QED) is 0.282. The number of nitrogens with one attached hydrogen (secondary N) is 1. The van der Waals surface area contributed by atoms with Crippen molar-refractivity contribution in [2.45, 2.75) is 6.18 Å². The largest absolute Gasteiger partial charge is 0.416 e. The number of hydrogen-bond acceptors (Lipinski definition) is 5. The van der Waals surface area contributed by atoms with Gasteiger partial charge in [0.05, 0.1) is 21.3 Å². The van der Waals surface area contributed by atoms with Crippen LogP contribution in [0.3, 0.4) is 0 Å². The summed E-state index contributed by atoms with van der Waals surface area (Å²) in [5.74, 6) is 0.0131. The number of aromatic nitrogens is 3. The van der Waals surface area contributed by atoms with Gasteiger partial charge in [-0.3, -0.25) is 0 Å². The van der Waals surface area contributed by atoms with E-state index in [4.69, 9.17) is 0 Å². The van der Waals surface area contributed by atoms with E-state index in [-0.39, 0.29) is 0 Å². The summed E-state index contributed by atoms with van der Waals surface area (Å²) in [5.41, 5.74) is 4.78. The predicted octanol–water partition coefficient (Wildman–Crippen LogP) is 7.32. The molecule has 5 rings (SSSR count). The maximum absolute atomic E-state index is 13.4. The molecule has 33 heavy (non-hydrogen) atoms. The molecule has 0 bridgehead atoms. The summed E-state index contributed by atoms with van der Waals surface area (Å²) in [4.78, 5) is 4.25. The zero-order valence-corrected chi connectivity index (χ0v) is 17.6. The Kier molecular flexibility index (Phi) is 5.26. The molecule has 2 heterocycles. The first-order chi connectivity index (χ1) is 15.9. The lowest BCUT2D eigenvalue weighted by Crippen LogP contribution is -2.04. The van der Waals surface area contributed by atoms with Crippen LogP contribution in [0.25, 0.3) is 32.6 Å². The fourth-order valence-electron chi connectivity index (χ4n) is 3.41. The number of hydrogen-bond donors (Lipinski definition) is 1. The van der Waals surface area contributed by atoms with Crippen molar-refractivity contribution in [3.63, 3.8) is 0 Å². The standard InChI is InChI=1S/C24H14F4N4S/c25-17-7-3-15(4-8-17)23-19(14-1-5-16(6-2-14)24(26,27)28)12-22(31-32-23)30-18-9-10-20-21(11-18)33-13-29-20/h1-13H,(H,30,31). The maximum Gasteiger partial charge on any atom is 0.416 e. The Morgan fingerprint density at radius 1 is 0.788 bits per heavy atom. The SMILES string of the molecule is Fc1ccc(-c2nnc(Nc3ccc4ncsc4c3)cc2-c2ccc(C(F)(F)F)cc2)cc1. The van der Waals surface area contributed by atoms with Crippen molar-refractivity contribution in [2.75, 3.05) is 5.32 Å². The van der Waals surface area contributed by atoms with E-state index in [0.717, 1.165) is 28.0 Å². The first-order valence-electron chi connectivity index (χ1n) is 9.78. The molecule has 0 unspecified atom stereocenters. The van der Waals surface area contributed by atoms with Gasteiger partial charge in [0.15, 0.2) is 5.82 Å². The van der Waals surface area contributed by atoms with E-state index in [1.165, 1.54) is 35.6 Å². The highest BCUT2D eigenvalue weighted by atomic mass is 32.1. The molecule has 0 aliphatic heterocycles. The summed E-state index contributed by atoms with van der Waals surface area (Å²) in [6.07, 6.45) is -4.43. The number of anilines is 2. The van der Waals surface area contributed by atoms with Gasteiger partial charge in [0.25, 0.3) is 0 Å². The fraction of sp³-hybridized carbons (Fsp3) is 0.0417.